The lowest BCUT2D eigenvalue weighted by atomic mass is 10.0. The van der Waals surface area contributed by atoms with Crippen molar-refractivity contribution in [2.45, 2.75) is 55.3 Å². The average Bonchev–Trinajstić information content (AvgIpc) is 3.33. The second-order valence-electron chi connectivity index (χ2n) is 9.72. The number of hydrogen-bond acceptors (Lipinski definition) is 8. The van der Waals surface area contributed by atoms with Crippen molar-refractivity contribution < 1.29 is 27.5 Å². The fraction of sp³-hybridized carbons (Fsp3) is 0.370. The number of fused-ring (bicyclic) bond motifs is 1. The topological polar surface area (TPSA) is 156 Å². The number of benzene rings is 1. The number of nitrogens with one attached hydrogen (secondary N) is 1. The van der Waals surface area contributed by atoms with Crippen molar-refractivity contribution in [2.24, 2.45) is 11.7 Å². The van der Waals surface area contributed by atoms with Crippen molar-refractivity contribution in [2.75, 3.05) is 6.54 Å². The van der Waals surface area contributed by atoms with Crippen LogP contribution in [0.5, 0.6) is 0 Å². The molecule has 3 aromatic rings. The number of nitrogens with zero attached hydrogens (tertiary/aromatic N) is 2. The molecule has 4 N–H and O–H groups in total. The Morgan fingerprint density at radius 1 is 1.21 bits per heavy atom. The van der Waals surface area contributed by atoms with Crippen LogP contribution in [0.4, 0.5) is 0 Å². The van der Waals surface area contributed by atoms with Crippen LogP contribution in [0, 0.1) is 5.92 Å². The number of aromatic nitrogens is 1. The van der Waals surface area contributed by atoms with E-state index in [1.165, 1.54) is 24.4 Å². The second-order valence-corrected chi connectivity index (χ2v) is 11.7. The minimum Gasteiger partial charge on any atom is -0.451 e. The molecule has 0 saturated heterocycles. The number of nitrogens with two attached hydrogens (primary N) is 1. The summed E-state index contributed by atoms with van der Waals surface area (Å²) in [4.78, 5) is 32.2. The van der Waals surface area contributed by atoms with Crippen LogP contribution in [-0.4, -0.2) is 65.3 Å². The molecule has 11 heteroatoms. The largest absolute Gasteiger partial charge is 0.451 e. The summed E-state index contributed by atoms with van der Waals surface area (Å²) in [6.45, 7) is 3.76. The molecule has 0 spiro atoms. The first-order valence-electron chi connectivity index (χ1n) is 12.4. The van der Waals surface area contributed by atoms with Gasteiger partial charge in [-0.15, -0.1) is 0 Å². The molecule has 2 aromatic heterocycles. The molecule has 3 unspecified atom stereocenters. The number of aliphatic hydroxyl groups excluding tert-OH is 1. The second kappa shape index (κ2) is 11.5. The van der Waals surface area contributed by atoms with Crippen LogP contribution in [0.2, 0.25) is 0 Å². The minimum atomic E-state index is -4.34. The van der Waals surface area contributed by atoms with Gasteiger partial charge in [-0.1, -0.05) is 50.3 Å². The van der Waals surface area contributed by atoms with E-state index in [2.05, 4.69) is 10.3 Å². The molecule has 38 heavy (non-hydrogen) atoms. The Hall–Kier alpha value is -3.54. The van der Waals surface area contributed by atoms with E-state index in [0.717, 1.165) is 10.3 Å². The minimum absolute atomic E-state index is 0.00898. The van der Waals surface area contributed by atoms with Gasteiger partial charge in [0, 0.05) is 18.1 Å². The van der Waals surface area contributed by atoms with Crippen molar-refractivity contribution in [3.8, 4) is 0 Å². The maximum absolute atomic E-state index is 14.0. The zero-order valence-electron chi connectivity index (χ0n) is 21.2. The third-order valence-corrected chi connectivity index (χ3v) is 8.37. The highest BCUT2D eigenvalue weighted by Crippen LogP contribution is 2.26. The zero-order valence-corrected chi connectivity index (χ0v) is 22.0. The summed E-state index contributed by atoms with van der Waals surface area (Å²) >= 11 is 0. The fourth-order valence-electron chi connectivity index (χ4n) is 4.52. The lowest BCUT2D eigenvalue weighted by Crippen LogP contribution is -2.61. The first-order chi connectivity index (χ1) is 18.1. The number of para-hydroxylation sites is 1. The van der Waals surface area contributed by atoms with Gasteiger partial charge in [-0.25, -0.2) is 13.4 Å². The molecule has 0 saturated carbocycles. The van der Waals surface area contributed by atoms with E-state index in [0.29, 0.717) is 12.0 Å². The molecule has 1 aromatic carbocycles. The Kier molecular flexibility index (Phi) is 8.29. The number of pyridine rings is 1. The summed E-state index contributed by atoms with van der Waals surface area (Å²) in [5, 5.41) is 12.6. The highest BCUT2D eigenvalue weighted by Gasteiger charge is 2.45. The number of furan rings is 1. The lowest BCUT2D eigenvalue weighted by Gasteiger charge is -2.38. The Bertz CT molecular complexity index is 1390. The van der Waals surface area contributed by atoms with E-state index in [-0.39, 0.29) is 29.7 Å². The van der Waals surface area contributed by atoms with Gasteiger partial charge in [0.2, 0.25) is 15.7 Å². The number of aliphatic hydroxyl groups is 1. The van der Waals surface area contributed by atoms with Crippen LogP contribution < -0.4 is 11.1 Å². The lowest BCUT2D eigenvalue weighted by molar-refractivity contribution is -0.136. The molecule has 2 amide bonds. The van der Waals surface area contributed by atoms with Crippen LogP contribution in [0.3, 0.4) is 0 Å². The molecule has 0 fully saturated rings. The Morgan fingerprint density at radius 2 is 1.95 bits per heavy atom. The third kappa shape index (κ3) is 5.79. The molecule has 0 radical (unpaired) electrons. The number of amides is 2. The average molecular weight is 541 g/mol. The van der Waals surface area contributed by atoms with Gasteiger partial charge in [-0.3, -0.25) is 9.59 Å². The van der Waals surface area contributed by atoms with Crippen molar-refractivity contribution in [3.63, 3.8) is 0 Å². The van der Waals surface area contributed by atoms with Gasteiger partial charge in [-0.2, -0.15) is 0 Å². The van der Waals surface area contributed by atoms with E-state index in [1.807, 2.05) is 19.9 Å². The van der Waals surface area contributed by atoms with E-state index in [1.54, 1.807) is 36.4 Å². The van der Waals surface area contributed by atoms with Crippen molar-refractivity contribution in [1.82, 2.24) is 15.2 Å². The SMILES string of the molecule is CC(C)C[C@H](NC(=O)c1cc2ccccc2o1)C(=O)N1CC/C=C\C(N)C(O)C1S(=O)(=O)c1ccccn1. The van der Waals surface area contributed by atoms with E-state index in [4.69, 9.17) is 10.2 Å². The normalized spacial score (nSPS) is 22.0. The molecule has 0 bridgehead atoms. The standard InChI is InChI=1S/C27H32N4O6S/c1-17(2)15-20(30-25(33)22-16-18-9-3-4-11-21(18)37-22)26(34)31-14-8-6-10-19(28)24(32)27(31)38(35,36)23-12-5-7-13-29-23/h3-7,9-13,16-17,19-20,24,27,32H,8,14-15,28H2,1-2H3,(H,30,33)/b10-6-/t19?,20-,24?,27?/m0/s1. The quantitative estimate of drug-likeness (QED) is 0.385. The first-order valence-corrected chi connectivity index (χ1v) is 14.0. The summed E-state index contributed by atoms with van der Waals surface area (Å²) in [7, 11) is -4.34. The molecule has 202 valence electrons. The Balaban J connectivity index is 1.70. The van der Waals surface area contributed by atoms with Crippen LogP contribution in [0.25, 0.3) is 11.0 Å². The van der Waals surface area contributed by atoms with Crippen molar-refractivity contribution >= 4 is 32.6 Å². The van der Waals surface area contributed by atoms with Crippen LogP contribution in [-0.2, 0) is 14.6 Å². The van der Waals surface area contributed by atoms with E-state index in [9.17, 15) is 23.1 Å². The van der Waals surface area contributed by atoms with Gasteiger partial charge in [0.05, 0.1) is 6.04 Å². The highest BCUT2D eigenvalue weighted by molar-refractivity contribution is 7.92. The monoisotopic (exact) mass is 540 g/mol. The van der Waals surface area contributed by atoms with Gasteiger partial charge >= 0.3 is 0 Å². The molecule has 4 atom stereocenters. The molecule has 0 aliphatic carbocycles. The summed E-state index contributed by atoms with van der Waals surface area (Å²) in [5.41, 5.74) is 6.61. The first kappa shape index (κ1) is 27.5. The maximum Gasteiger partial charge on any atom is 0.287 e. The number of carbonyl (C=O) groups excluding carboxylic acids is 2. The molecule has 1 aliphatic heterocycles. The fourth-order valence-corrected chi connectivity index (χ4v) is 6.34. The molecule has 3 heterocycles. The number of carbonyl (C=O) groups is 2. The van der Waals surface area contributed by atoms with Gasteiger partial charge in [0.15, 0.2) is 16.2 Å². The Morgan fingerprint density at radius 3 is 2.63 bits per heavy atom. The molecule has 4 rings (SSSR count). The highest BCUT2D eigenvalue weighted by atomic mass is 32.2. The number of rotatable bonds is 7. The van der Waals surface area contributed by atoms with Crippen molar-refractivity contribution in [1.29, 1.82) is 0 Å². The van der Waals surface area contributed by atoms with Crippen LogP contribution in [0.1, 0.15) is 37.2 Å². The molecule has 10 nitrogen and oxygen atoms in total. The van der Waals surface area contributed by atoms with Crippen molar-refractivity contribution in [3.05, 3.63) is 72.6 Å². The summed E-state index contributed by atoms with van der Waals surface area (Å²) in [6, 6.07) is 11.0. The Labute approximate surface area is 221 Å². The maximum atomic E-state index is 14.0. The number of hydrogen-bond donors (Lipinski definition) is 3. The van der Waals surface area contributed by atoms with Gasteiger partial charge in [-0.05, 0) is 43.0 Å². The van der Waals surface area contributed by atoms with Gasteiger partial charge in [0.25, 0.3) is 5.91 Å². The smallest absolute Gasteiger partial charge is 0.287 e. The van der Waals surface area contributed by atoms with Crippen LogP contribution >= 0.6 is 0 Å². The van der Waals surface area contributed by atoms with Gasteiger partial charge in [0.1, 0.15) is 17.7 Å². The predicted octanol–water partition coefficient (Wildman–Crippen LogP) is 2.25. The zero-order chi connectivity index (χ0) is 27.4. The predicted molar refractivity (Wildman–Crippen MR) is 142 cm³/mol. The molecule has 1 aliphatic rings. The molecular weight excluding hydrogens is 508 g/mol. The summed E-state index contributed by atoms with van der Waals surface area (Å²) in [6.07, 6.45) is 3.46. The van der Waals surface area contributed by atoms with E-state index >= 15 is 0 Å². The molecular formula is C27H32N4O6S. The van der Waals surface area contributed by atoms with E-state index < -0.39 is 45.2 Å². The third-order valence-electron chi connectivity index (χ3n) is 6.38. The van der Waals surface area contributed by atoms with Gasteiger partial charge < -0.3 is 25.5 Å². The summed E-state index contributed by atoms with van der Waals surface area (Å²) < 4.78 is 33.1. The van der Waals surface area contributed by atoms with Crippen LogP contribution in [0.15, 0.2) is 76.3 Å². The summed E-state index contributed by atoms with van der Waals surface area (Å²) in [5.74, 6) is -1.24. The number of sulfone groups is 1.